The molecule has 1 aliphatic rings. The Labute approximate surface area is 166 Å². The molecule has 1 saturated heterocycles. The first-order chi connectivity index (χ1) is 13.7. The van der Waals surface area contributed by atoms with Crippen molar-refractivity contribution in [3.8, 4) is 10.7 Å². The Kier molecular flexibility index (Phi) is 5.78. The number of aromatic nitrogens is 2. The molecule has 0 saturated carbocycles. The fourth-order valence-electron chi connectivity index (χ4n) is 3.40. The summed E-state index contributed by atoms with van der Waals surface area (Å²) in [5.74, 6) is 0.634. The molecule has 0 radical (unpaired) electrons. The number of carbonyl (C=O) groups is 1. The van der Waals surface area contributed by atoms with Crippen molar-refractivity contribution in [3.05, 3.63) is 59.0 Å². The van der Waals surface area contributed by atoms with Crippen LogP contribution in [-0.2, 0) is 17.9 Å². The van der Waals surface area contributed by atoms with E-state index in [4.69, 9.17) is 4.52 Å². The van der Waals surface area contributed by atoms with Crippen LogP contribution in [0, 0.1) is 11.7 Å². The Hall–Kier alpha value is -2.58. The molecule has 8 heteroatoms. The lowest BCUT2D eigenvalue weighted by Gasteiger charge is -2.31. The molecule has 2 aromatic heterocycles. The second-order valence-electron chi connectivity index (χ2n) is 6.91. The number of amides is 1. The number of thiophene rings is 1. The van der Waals surface area contributed by atoms with Crippen molar-refractivity contribution in [1.29, 1.82) is 0 Å². The van der Waals surface area contributed by atoms with Crippen LogP contribution in [0.5, 0.6) is 0 Å². The average molecular weight is 400 g/mol. The topological polar surface area (TPSA) is 71.3 Å². The lowest BCUT2D eigenvalue weighted by Crippen LogP contribution is -2.42. The second-order valence-corrected chi connectivity index (χ2v) is 7.86. The third-order valence-electron chi connectivity index (χ3n) is 4.82. The molecule has 0 bridgehead atoms. The van der Waals surface area contributed by atoms with Gasteiger partial charge in [-0.3, -0.25) is 9.69 Å². The summed E-state index contributed by atoms with van der Waals surface area (Å²) in [5.41, 5.74) is 1.05. The monoisotopic (exact) mass is 400 g/mol. The third kappa shape index (κ3) is 4.63. The van der Waals surface area contributed by atoms with Crippen LogP contribution in [0.15, 0.2) is 46.3 Å². The predicted octanol–water partition coefficient (Wildman–Crippen LogP) is 3.47. The van der Waals surface area contributed by atoms with Gasteiger partial charge in [0.15, 0.2) is 0 Å². The van der Waals surface area contributed by atoms with E-state index in [2.05, 4.69) is 20.4 Å². The lowest BCUT2D eigenvalue weighted by atomic mass is 9.96. The lowest BCUT2D eigenvalue weighted by molar-refractivity contribution is -0.127. The maximum absolute atomic E-state index is 13.1. The summed E-state index contributed by atoms with van der Waals surface area (Å²) < 4.78 is 18.3. The smallest absolute Gasteiger partial charge is 0.246 e. The maximum atomic E-state index is 13.1. The molecule has 1 aromatic carbocycles. The van der Waals surface area contributed by atoms with Crippen LogP contribution in [0.3, 0.4) is 0 Å². The van der Waals surface area contributed by atoms with Crippen LogP contribution in [0.2, 0.25) is 0 Å². The van der Waals surface area contributed by atoms with Gasteiger partial charge in [0.25, 0.3) is 0 Å². The molecule has 0 unspecified atom stereocenters. The molecule has 1 N–H and O–H groups in total. The van der Waals surface area contributed by atoms with Crippen LogP contribution in [-0.4, -0.2) is 34.0 Å². The highest BCUT2D eigenvalue weighted by atomic mass is 32.1. The molecule has 0 aliphatic carbocycles. The number of hydrogen-bond acceptors (Lipinski definition) is 6. The van der Waals surface area contributed by atoms with Gasteiger partial charge in [-0.05, 0) is 48.5 Å². The van der Waals surface area contributed by atoms with Gasteiger partial charge in [-0.1, -0.05) is 23.4 Å². The Morgan fingerprint density at radius 2 is 2.18 bits per heavy atom. The first kappa shape index (κ1) is 18.8. The van der Waals surface area contributed by atoms with E-state index in [1.54, 1.807) is 12.1 Å². The summed E-state index contributed by atoms with van der Waals surface area (Å²) >= 11 is 1.54. The fraction of sp³-hybridized carbons (Fsp3) is 0.350. The minimum Gasteiger partial charge on any atom is -0.347 e. The van der Waals surface area contributed by atoms with E-state index in [-0.39, 0.29) is 24.2 Å². The molecule has 3 aromatic rings. The van der Waals surface area contributed by atoms with E-state index < -0.39 is 0 Å². The number of nitrogens with one attached hydrogen (secondary N) is 1. The van der Waals surface area contributed by atoms with Crippen LogP contribution < -0.4 is 5.32 Å². The first-order valence-corrected chi connectivity index (χ1v) is 10.2. The molecular weight excluding hydrogens is 379 g/mol. The van der Waals surface area contributed by atoms with Crippen molar-refractivity contribution in [3.63, 3.8) is 0 Å². The standard InChI is InChI=1S/C20H21FN4O2S/c21-16-7-5-14(6-8-16)12-25-9-1-3-15(13-25)20(26)22-11-18-23-19(24-27-18)17-4-2-10-28-17/h2,4-8,10,15H,1,3,9,11-13H2,(H,22,26)/t15-/m0/s1. The Morgan fingerprint density at radius 1 is 1.32 bits per heavy atom. The van der Waals surface area contributed by atoms with Gasteiger partial charge in [-0.25, -0.2) is 4.39 Å². The summed E-state index contributed by atoms with van der Waals surface area (Å²) in [5, 5.41) is 8.82. The second kappa shape index (κ2) is 8.62. The Balaban J connectivity index is 1.29. The first-order valence-electron chi connectivity index (χ1n) is 9.28. The molecule has 1 fully saturated rings. The molecule has 146 valence electrons. The van der Waals surface area contributed by atoms with Gasteiger partial charge in [0, 0.05) is 13.1 Å². The van der Waals surface area contributed by atoms with Gasteiger partial charge in [0.05, 0.1) is 17.3 Å². The van der Waals surface area contributed by atoms with Gasteiger partial charge in [-0.15, -0.1) is 11.3 Å². The summed E-state index contributed by atoms with van der Waals surface area (Å²) in [6, 6.07) is 10.4. The van der Waals surface area contributed by atoms with Gasteiger partial charge in [-0.2, -0.15) is 4.98 Å². The van der Waals surface area contributed by atoms with E-state index in [1.807, 2.05) is 17.5 Å². The van der Waals surface area contributed by atoms with Crippen molar-refractivity contribution in [2.45, 2.75) is 25.9 Å². The Bertz CT molecular complexity index is 911. The van der Waals surface area contributed by atoms with E-state index in [9.17, 15) is 9.18 Å². The molecule has 28 heavy (non-hydrogen) atoms. The molecule has 0 spiro atoms. The SMILES string of the molecule is O=C(NCc1nc(-c2cccs2)no1)[C@H]1CCCN(Cc2ccc(F)cc2)C1. The number of piperidine rings is 1. The number of rotatable bonds is 6. The molecule has 3 heterocycles. The minimum absolute atomic E-state index is 0.000297. The van der Waals surface area contributed by atoms with E-state index >= 15 is 0 Å². The van der Waals surface area contributed by atoms with Gasteiger partial charge >= 0.3 is 0 Å². The van der Waals surface area contributed by atoms with Gasteiger partial charge in [0.2, 0.25) is 17.6 Å². The number of carbonyl (C=O) groups excluding carboxylic acids is 1. The van der Waals surface area contributed by atoms with E-state index in [0.29, 0.717) is 18.3 Å². The average Bonchev–Trinajstić information content (AvgIpc) is 3.40. The highest BCUT2D eigenvalue weighted by Crippen LogP contribution is 2.22. The van der Waals surface area contributed by atoms with Gasteiger partial charge < -0.3 is 9.84 Å². The highest BCUT2D eigenvalue weighted by Gasteiger charge is 2.26. The van der Waals surface area contributed by atoms with E-state index in [0.717, 1.165) is 36.4 Å². The largest absolute Gasteiger partial charge is 0.347 e. The molecule has 4 rings (SSSR count). The van der Waals surface area contributed by atoms with Crippen molar-refractivity contribution in [2.24, 2.45) is 5.92 Å². The maximum Gasteiger partial charge on any atom is 0.246 e. The van der Waals surface area contributed by atoms with Crippen LogP contribution in [0.1, 0.15) is 24.3 Å². The van der Waals surface area contributed by atoms with Crippen LogP contribution >= 0.6 is 11.3 Å². The number of halogens is 1. The summed E-state index contributed by atoms with van der Waals surface area (Å²) in [4.78, 5) is 20.1. The summed E-state index contributed by atoms with van der Waals surface area (Å²) in [6.45, 7) is 2.58. The number of hydrogen-bond donors (Lipinski definition) is 1. The zero-order valence-corrected chi connectivity index (χ0v) is 16.1. The van der Waals surface area contributed by atoms with E-state index in [1.165, 1.54) is 23.5 Å². The zero-order chi connectivity index (χ0) is 19.3. The summed E-state index contributed by atoms with van der Waals surface area (Å²) in [6.07, 6.45) is 1.82. The van der Waals surface area contributed by atoms with Gasteiger partial charge in [0.1, 0.15) is 5.82 Å². The minimum atomic E-state index is -0.233. The third-order valence-corrected chi connectivity index (χ3v) is 5.69. The molecule has 1 atom stereocenters. The fourth-order valence-corrected chi connectivity index (χ4v) is 4.05. The van der Waals surface area contributed by atoms with Crippen molar-refractivity contribution < 1.29 is 13.7 Å². The summed E-state index contributed by atoms with van der Waals surface area (Å²) in [7, 11) is 0. The van der Waals surface area contributed by atoms with Crippen LogP contribution in [0.25, 0.3) is 10.7 Å². The molecular formula is C20H21FN4O2S. The molecule has 1 amide bonds. The number of nitrogens with zero attached hydrogens (tertiary/aromatic N) is 3. The van der Waals surface area contributed by atoms with Crippen molar-refractivity contribution in [2.75, 3.05) is 13.1 Å². The number of benzene rings is 1. The Morgan fingerprint density at radius 3 is 2.96 bits per heavy atom. The molecule has 1 aliphatic heterocycles. The quantitative estimate of drug-likeness (QED) is 0.686. The zero-order valence-electron chi connectivity index (χ0n) is 15.3. The predicted molar refractivity (Wildman–Crippen MR) is 104 cm³/mol. The van der Waals surface area contributed by atoms with Crippen molar-refractivity contribution >= 4 is 17.2 Å². The highest BCUT2D eigenvalue weighted by molar-refractivity contribution is 7.13. The molecule has 6 nitrogen and oxygen atoms in total. The number of likely N-dealkylation sites (tertiary alicyclic amines) is 1. The normalized spacial score (nSPS) is 17.5. The van der Waals surface area contributed by atoms with Crippen molar-refractivity contribution in [1.82, 2.24) is 20.4 Å². The van der Waals surface area contributed by atoms with Crippen LogP contribution in [0.4, 0.5) is 4.39 Å².